The zero-order valence-electron chi connectivity index (χ0n) is 11.3. The quantitative estimate of drug-likeness (QED) is 0.807. The minimum atomic E-state index is -4.51. The lowest BCUT2D eigenvalue weighted by molar-refractivity contribution is -0.138. The molecule has 22 heavy (non-hydrogen) atoms. The van der Waals surface area contributed by atoms with Crippen LogP contribution in [0.15, 0.2) is 30.5 Å². The smallest absolute Gasteiger partial charge is 0.416 e. The van der Waals surface area contributed by atoms with Crippen LogP contribution in [0.25, 0.3) is 0 Å². The number of pyridine rings is 1. The van der Waals surface area contributed by atoms with E-state index in [4.69, 9.17) is 5.11 Å². The number of alkyl halides is 3. The van der Waals surface area contributed by atoms with Crippen LogP contribution in [0, 0.1) is 6.92 Å². The van der Waals surface area contributed by atoms with Crippen LogP contribution in [0.2, 0.25) is 0 Å². The van der Waals surface area contributed by atoms with E-state index < -0.39 is 17.7 Å². The third kappa shape index (κ3) is 3.11. The number of hydrogen-bond donors (Lipinski definition) is 3. The fourth-order valence-electron chi connectivity index (χ4n) is 1.92. The molecule has 116 valence electrons. The molecule has 0 aliphatic rings. The second kappa shape index (κ2) is 5.55. The number of nitrogens with one attached hydrogen (secondary N) is 1. The van der Waals surface area contributed by atoms with E-state index in [2.05, 4.69) is 10.3 Å². The molecule has 2 rings (SSSR count). The van der Waals surface area contributed by atoms with E-state index >= 15 is 0 Å². The van der Waals surface area contributed by atoms with Crippen molar-refractivity contribution < 1.29 is 28.2 Å². The maximum atomic E-state index is 12.9. The summed E-state index contributed by atoms with van der Waals surface area (Å²) in [4.78, 5) is 14.8. The monoisotopic (exact) mass is 312 g/mol. The number of aromatic hydroxyl groups is 1. The number of rotatable bonds is 3. The third-order valence-corrected chi connectivity index (χ3v) is 3.00. The summed E-state index contributed by atoms with van der Waals surface area (Å²) in [6, 6.07) is 4.48. The highest BCUT2D eigenvalue weighted by Gasteiger charge is 2.33. The van der Waals surface area contributed by atoms with Crippen molar-refractivity contribution in [2.45, 2.75) is 13.1 Å². The Balaban J connectivity index is 2.47. The molecule has 1 heterocycles. The van der Waals surface area contributed by atoms with Crippen LogP contribution in [0.5, 0.6) is 5.75 Å². The number of benzene rings is 1. The summed E-state index contributed by atoms with van der Waals surface area (Å²) in [6.45, 7) is 1.27. The summed E-state index contributed by atoms with van der Waals surface area (Å²) in [5.41, 5.74) is -1.18. The molecule has 0 unspecified atom stereocenters. The number of nitrogens with zero attached hydrogens (tertiary/aromatic N) is 1. The molecule has 1 aromatic carbocycles. The third-order valence-electron chi connectivity index (χ3n) is 3.00. The number of hydrogen-bond acceptors (Lipinski definition) is 4. The predicted molar refractivity (Wildman–Crippen MR) is 72.3 cm³/mol. The molecule has 0 aliphatic heterocycles. The normalized spacial score (nSPS) is 11.3. The molecule has 0 aliphatic carbocycles. The molecule has 0 amide bonds. The van der Waals surface area contributed by atoms with Gasteiger partial charge in [-0.15, -0.1) is 0 Å². The van der Waals surface area contributed by atoms with Crippen LogP contribution < -0.4 is 5.32 Å². The molecule has 1 aromatic heterocycles. The van der Waals surface area contributed by atoms with E-state index in [-0.39, 0.29) is 28.4 Å². The zero-order valence-corrected chi connectivity index (χ0v) is 11.3. The van der Waals surface area contributed by atoms with Crippen molar-refractivity contribution in [3.05, 3.63) is 47.2 Å². The highest BCUT2D eigenvalue weighted by Crippen LogP contribution is 2.35. The average Bonchev–Trinajstić information content (AvgIpc) is 2.41. The van der Waals surface area contributed by atoms with Crippen molar-refractivity contribution in [3.8, 4) is 5.75 Å². The molecule has 3 N–H and O–H groups in total. The number of carbonyl (C=O) groups is 1. The lowest BCUT2D eigenvalue weighted by Crippen LogP contribution is -2.10. The second-order valence-electron chi connectivity index (χ2n) is 4.50. The van der Waals surface area contributed by atoms with Gasteiger partial charge in [-0.2, -0.15) is 13.2 Å². The van der Waals surface area contributed by atoms with E-state index in [1.165, 1.54) is 19.1 Å². The van der Waals surface area contributed by atoms with Gasteiger partial charge >= 0.3 is 12.1 Å². The number of halogens is 3. The fourth-order valence-corrected chi connectivity index (χ4v) is 1.92. The van der Waals surface area contributed by atoms with Crippen LogP contribution in [-0.4, -0.2) is 21.2 Å². The van der Waals surface area contributed by atoms with Gasteiger partial charge in [0.2, 0.25) is 0 Å². The van der Waals surface area contributed by atoms with Crippen molar-refractivity contribution in [2.75, 3.05) is 5.32 Å². The Hall–Kier alpha value is -2.77. The van der Waals surface area contributed by atoms with Gasteiger partial charge in [0.05, 0.1) is 11.8 Å². The van der Waals surface area contributed by atoms with Gasteiger partial charge in [0.15, 0.2) is 0 Å². The van der Waals surface area contributed by atoms with Gasteiger partial charge in [-0.05, 0) is 30.7 Å². The number of carboxylic acid groups (broad SMARTS) is 1. The Labute approximate surface area is 123 Å². The number of aromatic nitrogens is 1. The average molecular weight is 312 g/mol. The van der Waals surface area contributed by atoms with Crippen molar-refractivity contribution >= 4 is 17.5 Å². The minimum absolute atomic E-state index is 0.0792. The first-order chi connectivity index (χ1) is 10.2. The molecule has 0 atom stereocenters. The number of anilines is 2. The SMILES string of the molecule is Cc1c(Nc2ncc(O)cc2C(=O)O)cccc1C(F)(F)F. The number of aromatic carboxylic acids is 1. The topological polar surface area (TPSA) is 82.5 Å². The summed E-state index contributed by atoms with van der Waals surface area (Å²) >= 11 is 0. The lowest BCUT2D eigenvalue weighted by Gasteiger charge is -2.15. The molecule has 2 aromatic rings. The van der Waals surface area contributed by atoms with Gasteiger partial charge in [0.25, 0.3) is 0 Å². The standard InChI is InChI=1S/C14H11F3N2O3/c1-7-10(14(15,16)17)3-2-4-11(7)19-12-9(13(21)22)5-8(20)6-18-12/h2-6,20H,1H3,(H,18,19)(H,21,22). The van der Waals surface area contributed by atoms with E-state index in [0.29, 0.717) is 0 Å². The first-order valence-electron chi connectivity index (χ1n) is 6.06. The van der Waals surface area contributed by atoms with Gasteiger partial charge in [-0.3, -0.25) is 0 Å². The highest BCUT2D eigenvalue weighted by molar-refractivity contribution is 5.94. The van der Waals surface area contributed by atoms with Crippen molar-refractivity contribution in [3.63, 3.8) is 0 Å². The van der Waals surface area contributed by atoms with E-state index in [9.17, 15) is 23.1 Å². The van der Waals surface area contributed by atoms with Gasteiger partial charge in [-0.25, -0.2) is 9.78 Å². The molecular weight excluding hydrogens is 301 g/mol. The summed E-state index contributed by atoms with van der Waals surface area (Å²) in [5, 5.41) is 20.9. The summed E-state index contributed by atoms with van der Waals surface area (Å²) < 4.78 is 38.6. The zero-order chi connectivity index (χ0) is 16.5. The molecule has 0 fully saturated rings. The molecule has 0 spiro atoms. The maximum absolute atomic E-state index is 12.9. The van der Waals surface area contributed by atoms with Crippen molar-refractivity contribution in [2.24, 2.45) is 0 Å². The fraction of sp³-hybridized carbons (Fsp3) is 0.143. The van der Waals surface area contributed by atoms with E-state index in [1.54, 1.807) is 0 Å². The van der Waals surface area contributed by atoms with Gasteiger partial charge in [0, 0.05) is 5.69 Å². The Kier molecular flexibility index (Phi) is 3.94. The second-order valence-corrected chi connectivity index (χ2v) is 4.50. The molecule has 5 nitrogen and oxygen atoms in total. The van der Waals surface area contributed by atoms with Crippen LogP contribution in [0.3, 0.4) is 0 Å². The predicted octanol–water partition coefficient (Wildman–Crippen LogP) is 3.56. The first-order valence-corrected chi connectivity index (χ1v) is 6.06. The summed E-state index contributed by atoms with van der Waals surface area (Å²) in [6.07, 6.45) is -3.52. The van der Waals surface area contributed by atoms with E-state index in [1.807, 2.05) is 0 Å². The van der Waals surface area contributed by atoms with Crippen LogP contribution in [0.4, 0.5) is 24.7 Å². The lowest BCUT2D eigenvalue weighted by atomic mass is 10.1. The van der Waals surface area contributed by atoms with Crippen LogP contribution in [0.1, 0.15) is 21.5 Å². The molecule has 0 bridgehead atoms. The summed E-state index contributed by atoms with van der Waals surface area (Å²) in [7, 11) is 0. The van der Waals surface area contributed by atoms with Crippen molar-refractivity contribution in [1.82, 2.24) is 4.98 Å². The van der Waals surface area contributed by atoms with E-state index in [0.717, 1.165) is 18.3 Å². The first kappa shape index (κ1) is 15.6. The maximum Gasteiger partial charge on any atom is 0.416 e. The van der Waals surface area contributed by atoms with Crippen molar-refractivity contribution in [1.29, 1.82) is 0 Å². The molecule has 8 heteroatoms. The highest BCUT2D eigenvalue weighted by atomic mass is 19.4. The molecule has 0 radical (unpaired) electrons. The molecule has 0 saturated carbocycles. The molecular formula is C14H11F3N2O3. The van der Waals surface area contributed by atoms with Gasteiger partial charge in [-0.1, -0.05) is 6.07 Å². The largest absolute Gasteiger partial charge is 0.506 e. The van der Waals surface area contributed by atoms with Gasteiger partial charge < -0.3 is 15.5 Å². The molecule has 0 saturated heterocycles. The Morgan fingerprint density at radius 3 is 2.59 bits per heavy atom. The van der Waals surface area contributed by atoms with Gasteiger partial charge in [0.1, 0.15) is 17.1 Å². The Bertz CT molecular complexity index is 730. The van der Waals surface area contributed by atoms with Crippen LogP contribution >= 0.6 is 0 Å². The minimum Gasteiger partial charge on any atom is -0.506 e. The Morgan fingerprint density at radius 1 is 1.32 bits per heavy atom. The number of carboxylic acids is 1. The van der Waals surface area contributed by atoms with Crippen LogP contribution in [-0.2, 0) is 6.18 Å². The Morgan fingerprint density at radius 2 is 2.00 bits per heavy atom. The summed E-state index contributed by atoms with van der Waals surface area (Å²) in [5.74, 6) is -1.88.